The Balaban J connectivity index is 1.88. The summed E-state index contributed by atoms with van der Waals surface area (Å²) in [5.74, 6) is 1.44. The van der Waals surface area contributed by atoms with Gasteiger partial charge in [-0.05, 0) is 51.6 Å². The molecule has 0 aromatic heterocycles. The summed E-state index contributed by atoms with van der Waals surface area (Å²) < 4.78 is 5.91. The van der Waals surface area contributed by atoms with E-state index in [4.69, 9.17) is 4.74 Å². The second-order valence-electron chi connectivity index (χ2n) is 6.24. The van der Waals surface area contributed by atoms with Crippen molar-refractivity contribution in [3.63, 3.8) is 0 Å². The van der Waals surface area contributed by atoms with Crippen LogP contribution in [0.25, 0.3) is 0 Å². The van der Waals surface area contributed by atoms with Crippen LogP contribution in [0.3, 0.4) is 0 Å². The Kier molecular flexibility index (Phi) is 4.08. The molecule has 1 aliphatic carbocycles. The number of hydrogen-bond acceptors (Lipinski definition) is 2. The van der Waals surface area contributed by atoms with Crippen molar-refractivity contribution >= 4 is 0 Å². The molecule has 1 N–H and O–H groups in total. The van der Waals surface area contributed by atoms with E-state index in [-0.39, 0.29) is 5.60 Å². The lowest BCUT2D eigenvalue weighted by molar-refractivity contribution is -0.0164. The van der Waals surface area contributed by atoms with Gasteiger partial charge < -0.3 is 10.1 Å². The van der Waals surface area contributed by atoms with Crippen LogP contribution in [-0.2, 0) is 4.74 Å². The van der Waals surface area contributed by atoms with Gasteiger partial charge in [-0.1, -0.05) is 30.3 Å². The summed E-state index contributed by atoms with van der Waals surface area (Å²) in [7, 11) is 2.04. The Bertz CT molecular complexity index is 368. The fourth-order valence-corrected chi connectivity index (χ4v) is 2.50. The van der Waals surface area contributed by atoms with Gasteiger partial charge in [0.05, 0.1) is 12.2 Å². The number of benzene rings is 1. The number of nitrogens with one attached hydrogen (secondary N) is 1. The Morgan fingerprint density at radius 3 is 2.50 bits per heavy atom. The Hall–Kier alpha value is -0.860. The molecule has 0 bridgehead atoms. The molecule has 18 heavy (non-hydrogen) atoms. The van der Waals surface area contributed by atoms with Crippen molar-refractivity contribution in [3.05, 3.63) is 35.9 Å². The number of ether oxygens (including phenoxy) is 1. The highest BCUT2D eigenvalue weighted by Gasteiger charge is 2.43. The molecular formula is C16H25NO. The highest BCUT2D eigenvalue weighted by atomic mass is 16.5. The van der Waals surface area contributed by atoms with E-state index in [1.165, 1.54) is 12.0 Å². The van der Waals surface area contributed by atoms with Crippen LogP contribution in [0.2, 0.25) is 0 Å². The first-order valence-corrected chi connectivity index (χ1v) is 6.87. The molecule has 3 atom stereocenters. The first kappa shape index (κ1) is 13.6. The summed E-state index contributed by atoms with van der Waals surface area (Å²) in [5.41, 5.74) is 1.42. The van der Waals surface area contributed by atoms with E-state index in [1.807, 2.05) is 7.05 Å². The molecule has 0 aliphatic heterocycles. The van der Waals surface area contributed by atoms with Crippen LogP contribution in [0.15, 0.2) is 30.3 Å². The standard InChI is InChI=1S/C16H25NO/c1-16(2,3)18-11-15(17-4)14-10-13(14)12-8-6-5-7-9-12/h5-9,13-15,17H,10-11H2,1-4H3. The van der Waals surface area contributed by atoms with Crippen LogP contribution in [0.1, 0.15) is 38.7 Å². The van der Waals surface area contributed by atoms with E-state index in [9.17, 15) is 0 Å². The maximum absolute atomic E-state index is 5.91. The zero-order chi connectivity index (χ0) is 13.2. The van der Waals surface area contributed by atoms with Crippen molar-refractivity contribution in [2.45, 2.75) is 44.8 Å². The monoisotopic (exact) mass is 247 g/mol. The predicted octanol–water partition coefficient (Wildman–Crippen LogP) is 3.19. The van der Waals surface area contributed by atoms with Gasteiger partial charge >= 0.3 is 0 Å². The second-order valence-corrected chi connectivity index (χ2v) is 6.24. The molecule has 1 aliphatic rings. The third-order valence-electron chi connectivity index (χ3n) is 3.65. The average Bonchev–Trinajstić information content (AvgIpc) is 3.10. The molecule has 1 fully saturated rings. The Morgan fingerprint density at radius 2 is 1.94 bits per heavy atom. The normalized spacial score (nSPS) is 24.9. The van der Waals surface area contributed by atoms with Gasteiger partial charge in [0.2, 0.25) is 0 Å². The van der Waals surface area contributed by atoms with E-state index in [0.717, 1.165) is 12.5 Å². The molecule has 0 saturated heterocycles. The molecule has 1 aromatic rings. The van der Waals surface area contributed by atoms with E-state index < -0.39 is 0 Å². The van der Waals surface area contributed by atoms with Crippen LogP contribution in [0.5, 0.6) is 0 Å². The minimum atomic E-state index is -0.0494. The van der Waals surface area contributed by atoms with Crippen molar-refractivity contribution in [2.75, 3.05) is 13.7 Å². The van der Waals surface area contributed by atoms with Gasteiger partial charge in [-0.15, -0.1) is 0 Å². The summed E-state index contributed by atoms with van der Waals surface area (Å²) in [6.07, 6.45) is 1.28. The smallest absolute Gasteiger partial charge is 0.0629 e. The molecule has 1 saturated carbocycles. The highest BCUT2D eigenvalue weighted by molar-refractivity contribution is 5.26. The summed E-state index contributed by atoms with van der Waals surface area (Å²) in [4.78, 5) is 0. The first-order valence-electron chi connectivity index (χ1n) is 6.87. The van der Waals surface area contributed by atoms with Crippen LogP contribution < -0.4 is 5.32 Å². The molecule has 0 spiro atoms. The minimum absolute atomic E-state index is 0.0494. The van der Waals surface area contributed by atoms with Crippen molar-refractivity contribution < 1.29 is 4.74 Å². The van der Waals surface area contributed by atoms with Crippen LogP contribution >= 0.6 is 0 Å². The van der Waals surface area contributed by atoms with Gasteiger partial charge in [-0.3, -0.25) is 0 Å². The quantitative estimate of drug-likeness (QED) is 0.863. The lowest BCUT2D eigenvalue weighted by atomic mass is 10.1. The molecular weight excluding hydrogens is 222 g/mol. The van der Waals surface area contributed by atoms with Crippen molar-refractivity contribution in [1.82, 2.24) is 5.32 Å². The molecule has 0 radical (unpaired) electrons. The molecule has 2 nitrogen and oxygen atoms in total. The van der Waals surface area contributed by atoms with Crippen molar-refractivity contribution in [2.24, 2.45) is 5.92 Å². The Morgan fingerprint density at radius 1 is 1.28 bits per heavy atom. The molecule has 0 amide bonds. The first-order chi connectivity index (χ1) is 8.51. The summed E-state index contributed by atoms with van der Waals surface area (Å²) >= 11 is 0. The topological polar surface area (TPSA) is 21.3 Å². The average molecular weight is 247 g/mol. The molecule has 100 valence electrons. The lowest BCUT2D eigenvalue weighted by Gasteiger charge is -2.24. The van der Waals surface area contributed by atoms with Gasteiger partial charge in [0.25, 0.3) is 0 Å². The summed E-state index contributed by atoms with van der Waals surface area (Å²) in [6, 6.07) is 11.3. The van der Waals surface area contributed by atoms with Gasteiger partial charge in [-0.2, -0.15) is 0 Å². The third kappa shape index (κ3) is 3.56. The fraction of sp³-hybridized carbons (Fsp3) is 0.625. The maximum atomic E-state index is 5.91. The number of hydrogen-bond donors (Lipinski definition) is 1. The van der Waals surface area contributed by atoms with Gasteiger partial charge in [0.15, 0.2) is 0 Å². The molecule has 2 heteroatoms. The summed E-state index contributed by atoms with van der Waals surface area (Å²) in [6.45, 7) is 7.14. The van der Waals surface area contributed by atoms with Gasteiger partial charge in [0, 0.05) is 6.04 Å². The number of likely N-dealkylation sites (N-methyl/N-ethyl adjacent to an activating group) is 1. The molecule has 1 aromatic carbocycles. The lowest BCUT2D eigenvalue weighted by Crippen LogP contribution is -2.36. The highest BCUT2D eigenvalue weighted by Crippen LogP contribution is 2.49. The zero-order valence-electron chi connectivity index (χ0n) is 11.9. The van der Waals surface area contributed by atoms with Crippen molar-refractivity contribution in [3.8, 4) is 0 Å². The molecule has 2 rings (SSSR count). The van der Waals surface area contributed by atoms with E-state index >= 15 is 0 Å². The number of rotatable bonds is 5. The Labute approximate surface area is 111 Å². The molecule has 0 heterocycles. The van der Waals surface area contributed by atoms with E-state index in [0.29, 0.717) is 12.0 Å². The predicted molar refractivity (Wildman–Crippen MR) is 75.8 cm³/mol. The maximum Gasteiger partial charge on any atom is 0.0629 e. The van der Waals surface area contributed by atoms with E-state index in [2.05, 4.69) is 56.4 Å². The van der Waals surface area contributed by atoms with E-state index in [1.54, 1.807) is 0 Å². The largest absolute Gasteiger partial charge is 0.374 e. The van der Waals surface area contributed by atoms with Gasteiger partial charge in [-0.25, -0.2) is 0 Å². The van der Waals surface area contributed by atoms with Gasteiger partial charge in [0.1, 0.15) is 0 Å². The zero-order valence-corrected chi connectivity index (χ0v) is 11.9. The van der Waals surface area contributed by atoms with Crippen LogP contribution in [0.4, 0.5) is 0 Å². The fourth-order valence-electron chi connectivity index (χ4n) is 2.50. The van der Waals surface area contributed by atoms with Crippen LogP contribution in [0, 0.1) is 5.92 Å². The van der Waals surface area contributed by atoms with Crippen molar-refractivity contribution in [1.29, 1.82) is 0 Å². The minimum Gasteiger partial charge on any atom is -0.374 e. The second kappa shape index (κ2) is 5.41. The third-order valence-corrected chi connectivity index (χ3v) is 3.65. The molecule has 3 unspecified atom stereocenters. The van der Waals surface area contributed by atoms with Crippen LogP contribution in [-0.4, -0.2) is 25.3 Å². The SMILES string of the molecule is CNC(COC(C)(C)C)C1CC1c1ccccc1. The summed E-state index contributed by atoms with van der Waals surface area (Å²) in [5, 5.41) is 3.41.